The number of nitrogens with one attached hydrogen (secondary N) is 2. The van der Waals surface area contributed by atoms with E-state index in [0.29, 0.717) is 21.6 Å². The van der Waals surface area contributed by atoms with Crippen LogP contribution in [0.2, 0.25) is 10.0 Å². The maximum absolute atomic E-state index is 12.1. The summed E-state index contributed by atoms with van der Waals surface area (Å²) in [6, 6.07) is 3.53. The van der Waals surface area contributed by atoms with Gasteiger partial charge in [0.1, 0.15) is 0 Å². The van der Waals surface area contributed by atoms with E-state index in [0.717, 1.165) is 25.8 Å². The number of anilines is 1. The molecule has 1 saturated heterocycles. The van der Waals surface area contributed by atoms with Gasteiger partial charge in [0.25, 0.3) is 0 Å². The number of piperidine rings is 1. The van der Waals surface area contributed by atoms with E-state index in [9.17, 15) is 8.42 Å². The van der Waals surface area contributed by atoms with Gasteiger partial charge in [0, 0.05) is 10.5 Å². The number of hydrogen-bond acceptors (Lipinski definition) is 3. The highest BCUT2D eigenvalue weighted by molar-refractivity contribution is 9.10. The van der Waals surface area contributed by atoms with Crippen LogP contribution < -0.4 is 10.0 Å². The van der Waals surface area contributed by atoms with E-state index in [2.05, 4.69) is 26.0 Å². The van der Waals surface area contributed by atoms with Gasteiger partial charge in [0.15, 0.2) is 0 Å². The molecule has 1 atom stereocenters. The normalized spacial score (nSPS) is 19.5. The molecule has 8 heteroatoms. The Morgan fingerprint density at radius 3 is 2.71 bits per heavy atom. The molecule has 0 radical (unpaired) electrons. The average Bonchev–Trinajstić information content (AvgIpc) is 2.47. The summed E-state index contributed by atoms with van der Waals surface area (Å²) in [6.45, 7) is 0.965. The van der Waals surface area contributed by atoms with Gasteiger partial charge in [-0.15, -0.1) is 0 Å². The van der Waals surface area contributed by atoms with E-state index in [4.69, 9.17) is 23.2 Å². The van der Waals surface area contributed by atoms with Crippen LogP contribution in [0.3, 0.4) is 0 Å². The van der Waals surface area contributed by atoms with Crippen molar-refractivity contribution in [3.8, 4) is 0 Å². The van der Waals surface area contributed by atoms with E-state index in [1.165, 1.54) is 0 Å². The predicted molar refractivity (Wildman–Crippen MR) is 91.8 cm³/mol. The van der Waals surface area contributed by atoms with E-state index in [-0.39, 0.29) is 16.8 Å². The Labute approximate surface area is 143 Å². The van der Waals surface area contributed by atoms with Crippen molar-refractivity contribution in [2.45, 2.75) is 31.7 Å². The quantitative estimate of drug-likeness (QED) is 0.713. The topological polar surface area (TPSA) is 58.2 Å². The van der Waals surface area contributed by atoms with Crippen molar-refractivity contribution in [2.75, 3.05) is 17.0 Å². The van der Waals surface area contributed by atoms with Crippen LogP contribution in [0.25, 0.3) is 0 Å². The third-order valence-electron chi connectivity index (χ3n) is 3.45. The molecular weight excluding hydrogens is 399 g/mol. The zero-order chi connectivity index (χ0) is 15.5. The molecule has 2 rings (SSSR count). The minimum absolute atomic E-state index is 0.0642. The number of sulfonamides is 1. The molecule has 2 N–H and O–H groups in total. The Kier molecular flexibility index (Phi) is 6.20. The highest BCUT2D eigenvalue weighted by Crippen LogP contribution is 2.36. The maximum atomic E-state index is 12.1. The first-order valence-electron chi connectivity index (χ1n) is 6.76. The van der Waals surface area contributed by atoms with Crippen molar-refractivity contribution < 1.29 is 8.42 Å². The van der Waals surface area contributed by atoms with Gasteiger partial charge >= 0.3 is 0 Å². The second kappa shape index (κ2) is 7.51. The largest absolute Gasteiger partial charge is 0.314 e. The van der Waals surface area contributed by atoms with Gasteiger partial charge in [-0.3, -0.25) is 4.72 Å². The van der Waals surface area contributed by atoms with Crippen LogP contribution in [0.5, 0.6) is 0 Å². The zero-order valence-corrected chi connectivity index (χ0v) is 15.2. The Morgan fingerprint density at radius 2 is 2.05 bits per heavy atom. The smallest absolute Gasteiger partial charge is 0.232 e. The van der Waals surface area contributed by atoms with Crippen molar-refractivity contribution in [3.05, 3.63) is 26.7 Å². The molecule has 0 aliphatic carbocycles. The lowest BCUT2D eigenvalue weighted by Gasteiger charge is -2.23. The monoisotopic (exact) mass is 414 g/mol. The molecule has 4 nitrogen and oxygen atoms in total. The summed E-state index contributed by atoms with van der Waals surface area (Å²) in [5.74, 6) is 0.0642. The molecule has 1 aromatic rings. The fourth-order valence-electron chi connectivity index (χ4n) is 2.29. The minimum atomic E-state index is -3.43. The molecule has 118 valence electrons. The molecule has 0 bridgehead atoms. The van der Waals surface area contributed by atoms with Crippen molar-refractivity contribution in [1.29, 1.82) is 0 Å². The first-order valence-corrected chi connectivity index (χ1v) is 9.96. The fraction of sp³-hybridized carbons (Fsp3) is 0.538. The third kappa shape index (κ3) is 4.99. The second-order valence-corrected chi connectivity index (χ2v) is 8.53. The van der Waals surface area contributed by atoms with Gasteiger partial charge in [-0.1, -0.05) is 29.6 Å². The van der Waals surface area contributed by atoms with E-state index in [1.807, 2.05) is 0 Å². The summed E-state index contributed by atoms with van der Waals surface area (Å²) in [5.41, 5.74) is 0.307. The van der Waals surface area contributed by atoms with Gasteiger partial charge in [0.05, 0.1) is 21.5 Å². The fourth-order valence-corrected chi connectivity index (χ4v) is 4.37. The molecular formula is C13H17BrCl2N2O2S. The Bertz CT molecular complexity index is 604. The van der Waals surface area contributed by atoms with Crippen LogP contribution in [0.4, 0.5) is 5.69 Å². The van der Waals surface area contributed by atoms with E-state index < -0.39 is 10.0 Å². The summed E-state index contributed by atoms with van der Waals surface area (Å²) in [6.07, 6.45) is 3.94. The van der Waals surface area contributed by atoms with Crippen LogP contribution in [-0.2, 0) is 10.0 Å². The van der Waals surface area contributed by atoms with Crippen LogP contribution in [0.15, 0.2) is 16.6 Å². The first-order chi connectivity index (χ1) is 9.89. The molecule has 0 aromatic heterocycles. The Hall–Kier alpha value is -0.0100. The number of rotatable bonds is 5. The van der Waals surface area contributed by atoms with Crippen molar-refractivity contribution in [2.24, 2.45) is 0 Å². The second-order valence-electron chi connectivity index (χ2n) is 5.08. The highest BCUT2D eigenvalue weighted by atomic mass is 79.9. The molecule has 0 spiro atoms. The maximum Gasteiger partial charge on any atom is 0.232 e. The molecule has 1 fully saturated rings. The number of hydrogen-bond donors (Lipinski definition) is 2. The molecule has 0 saturated carbocycles. The summed E-state index contributed by atoms with van der Waals surface area (Å²) >= 11 is 15.3. The first kappa shape index (κ1) is 17.3. The van der Waals surface area contributed by atoms with E-state index >= 15 is 0 Å². The summed E-state index contributed by atoms with van der Waals surface area (Å²) < 4.78 is 27.4. The lowest BCUT2D eigenvalue weighted by molar-refractivity contribution is 0.393. The molecule has 21 heavy (non-hydrogen) atoms. The standard InChI is InChI=1S/C13H17BrCl2N2O2S/c14-10-4-5-11(13(16)12(10)15)18-21(19,20)8-6-9-3-1-2-7-17-9/h4-5,9,17-18H,1-3,6-8H2. The molecule has 1 heterocycles. The Morgan fingerprint density at radius 1 is 1.29 bits per heavy atom. The minimum Gasteiger partial charge on any atom is -0.314 e. The van der Waals surface area contributed by atoms with Crippen LogP contribution in [0.1, 0.15) is 25.7 Å². The van der Waals surface area contributed by atoms with E-state index in [1.54, 1.807) is 12.1 Å². The molecule has 1 aromatic carbocycles. The van der Waals surface area contributed by atoms with Gasteiger partial charge < -0.3 is 5.32 Å². The highest BCUT2D eigenvalue weighted by Gasteiger charge is 2.19. The third-order valence-corrected chi connectivity index (χ3v) is 6.52. The molecule has 1 aliphatic rings. The van der Waals surface area contributed by atoms with Crippen LogP contribution in [-0.4, -0.2) is 26.8 Å². The predicted octanol–water partition coefficient (Wildman–Crippen LogP) is 4.03. The Balaban J connectivity index is 1.99. The van der Waals surface area contributed by atoms with Crippen LogP contribution >= 0.6 is 39.1 Å². The number of halogens is 3. The lowest BCUT2D eigenvalue weighted by Crippen LogP contribution is -2.36. The van der Waals surface area contributed by atoms with Gasteiger partial charge in [0.2, 0.25) is 10.0 Å². The molecule has 1 unspecified atom stereocenters. The lowest BCUT2D eigenvalue weighted by atomic mass is 10.0. The van der Waals surface area contributed by atoms with Crippen molar-refractivity contribution in [1.82, 2.24) is 5.32 Å². The molecule has 1 aliphatic heterocycles. The van der Waals surface area contributed by atoms with Crippen molar-refractivity contribution in [3.63, 3.8) is 0 Å². The van der Waals surface area contributed by atoms with Gasteiger partial charge in [-0.2, -0.15) is 0 Å². The molecule has 0 amide bonds. The van der Waals surface area contributed by atoms with Crippen LogP contribution in [0, 0.1) is 0 Å². The average molecular weight is 416 g/mol. The zero-order valence-electron chi connectivity index (χ0n) is 11.3. The SMILES string of the molecule is O=S(=O)(CCC1CCCCN1)Nc1ccc(Br)c(Cl)c1Cl. The van der Waals surface area contributed by atoms with Gasteiger partial charge in [-0.25, -0.2) is 8.42 Å². The number of benzene rings is 1. The van der Waals surface area contributed by atoms with Gasteiger partial charge in [-0.05, 0) is 53.9 Å². The summed E-state index contributed by atoms with van der Waals surface area (Å²) in [4.78, 5) is 0. The summed E-state index contributed by atoms with van der Waals surface area (Å²) in [7, 11) is -3.43. The summed E-state index contributed by atoms with van der Waals surface area (Å²) in [5, 5.41) is 3.83. The van der Waals surface area contributed by atoms with Crippen molar-refractivity contribution >= 4 is 54.8 Å².